The van der Waals surface area contributed by atoms with Crippen LogP contribution in [0.1, 0.15) is 10.4 Å². The molecule has 6 nitrogen and oxygen atoms in total. The van der Waals surface area contributed by atoms with Crippen molar-refractivity contribution in [2.24, 2.45) is 0 Å². The standard InChI is InChI=1S/C21H18N2O4/c24-20(23-18-8-4-5-15(13-18)21(25)26)14-27-19-11-9-17(10-12-19)22-16-6-2-1-3-7-16/h1-13,22H,14H2,(H,23,24)(H,25,26). The summed E-state index contributed by atoms with van der Waals surface area (Å²) in [7, 11) is 0. The zero-order chi connectivity index (χ0) is 19.1. The number of rotatable bonds is 7. The summed E-state index contributed by atoms with van der Waals surface area (Å²) < 4.78 is 5.47. The van der Waals surface area contributed by atoms with Crippen molar-refractivity contribution in [1.82, 2.24) is 0 Å². The molecule has 0 aliphatic carbocycles. The van der Waals surface area contributed by atoms with Crippen LogP contribution in [0.15, 0.2) is 78.9 Å². The molecule has 0 aromatic heterocycles. The first-order valence-electron chi connectivity index (χ1n) is 8.28. The molecule has 1 amide bonds. The number of carboxylic acids is 1. The van der Waals surface area contributed by atoms with Crippen LogP contribution in [-0.2, 0) is 4.79 Å². The zero-order valence-electron chi connectivity index (χ0n) is 14.4. The number of aromatic carboxylic acids is 1. The molecular formula is C21H18N2O4. The van der Waals surface area contributed by atoms with E-state index in [0.29, 0.717) is 11.4 Å². The minimum absolute atomic E-state index is 0.107. The van der Waals surface area contributed by atoms with Gasteiger partial charge in [-0.15, -0.1) is 0 Å². The summed E-state index contributed by atoms with van der Waals surface area (Å²) in [5.41, 5.74) is 2.40. The van der Waals surface area contributed by atoms with Gasteiger partial charge in [0.25, 0.3) is 5.91 Å². The lowest BCUT2D eigenvalue weighted by Crippen LogP contribution is -2.20. The van der Waals surface area contributed by atoms with E-state index in [0.717, 1.165) is 11.4 Å². The molecule has 0 unspecified atom stereocenters. The minimum atomic E-state index is -1.05. The SMILES string of the molecule is O=C(COc1ccc(Nc2ccccc2)cc1)Nc1cccc(C(=O)O)c1. The molecule has 136 valence electrons. The number of carbonyl (C=O) groups excluding carboxylic acids is 1. The van der Waals surface area contributed by atoms with E-state index < -0.39 is 5.97 Å². The summed E-state index contributed by atoms with van der Waals surface area (Å²) in [5.74, 6) is -0.862. The third-order valence-corrected chi connectivity index (χ3v) is 3.68. The molecule has 0 heterocycles. The lowest BCUT2D eigenvalue weighted by molar-refractivity contribution is -0.118. The molecule has 3 rings (SSSR count). The Balaban J connectivity index is 1.51. The molecule has 0 saturated carbocycles. The van der Waals surface area contributed by atoms with Gasteiger partial charge in [0.15, 0.2) is 6.61 Å². The van der Waals surface area contributed by atoms with Crippen molar-refractivity contribution < 1.29 is 19.4 Å². The molecule has 3 aromatic carbocycles. The monoisotopic (exact) mass is 362 g/mol. The van der Waals surface area contributed by atoms with E-state index >= 15 is 0 Å². The maximum atomic E-state index is 12.0. The summed E-state index contributed by atoms with van der Waals surface area (Å²) in [4.78, 5) is 22.9. The van der Waals surface area contributed by atoms with Gasteiger partial charge in [0.05, 0.1) is 5.56 Å². The van der Waals surface area contributed by atoms with Crippen LogP contribution >= 0.6 is 0 Å². The summed E-state index contributed by atoms with van der Waals surface area (Å²) in [6.07, 6.45) is 0. The maximum Gasteiger partial charge on any atom is 0.335 e. The Bertz CT molecular complexity index is 924. The van der Waals surface area contributed by atoms with Gasteiger partial charge in [-0.05, 0) is 54.6 Å². The van der Waals surface area contributed by atoms with Crippen molar-refractivity contribution >= 4 is 28.9 Å². The number of ether oxygens (including phenoxy) is 1. The van der Waals surface area contributed by atoms with Gasteiger partial charge in [-0.1, -0.05) is 24.3 Å². The number of hydrogen-bond donors (Lipinski definition) is 3. The molecule has 0 aliphatic rings. The quantitative estimate of drug-likeness (QED) is 0.588. The van der Waals surface area contributed by atoms with E-state index in [1.165, 1.54) is 12.1 Å². The lowest BCUT2D eigenvalue weighted by atomic mass is 10.2. The van der Waals surface area contributed by atoms with E-state index in [1.54, 1.807) is 24.3 Å². The van der Waals surface area contributed by atoms with Crippen molar-refractivity contribution in [2.75, 3.05) is 17.2 Å². The smallest absolute Gasteiger partial charge is 0.335 e. The van der Waals surface area contributed by atoms with E-state index in [1.807, 2.05) is 42.5 Å². The van der Waals surface area contributed by atoms with Gasteiger partial charge in [-0.3, -0.25) is 4.79 Å². The number of para-hydroxylation sites is 1. The highest BCUT2D eigenvalue weighted by Gasteiger charge is 2.07. The van der Waals surface area contributed by atoms with Gasteiger partial charge < -0.3 is 20.5 Å². The molecule has 0 bridgehead atoms. The average molecular weight is 362 g/mol. The van der Waals surface area contributed by atoms with Gasteiger partial charge in [0.2, 0.25) is 0 Å². The van der Waals surface area contributed by atoms with Gasteiger partial charge in [-0.25, -0.2) is 4.79 Å². The Labute approximate surface area is 156 Å². The molecule has 0 saturated heterocycles. The largest absolute Gasteiger partial charge is 0.484 e. The van der Waals surface area contributed by atoms with Crippen LogP contribution in [-0.4, -0.2) is 23.6 Å². The van der Waals surface area contributed by atoms with Crippen LogP contribution in [0, 0.1) is 0 Å². The highest BCUT2D eigenvalue weighted by molar-refractivity contribution is 5.94. The molecule has 0 radical (unpaired) electrons. The van der Waals surface area contributed by atoms with Gasteiger partial charge >= 0.3 is 5.97 Å². The average Bonchev–Trinajstić information content (AvgIpc) is 2.68. The Kier molecular flexibility index (Phi) is 5.69. The van der Waals surface area contributed by atoms with Crippen molar-refractivity contribution in [3.63, 3.8) is 0 Å². The van der Waals surface area contributed by atoms with Crippen LogP contribution in [0.3, 0.4) is 0 Å². The van der Waals surface area contributed by atoms with Gasteiger partial charge in [-0.2, -0.15) is 0 Å². The van der Waals surface area contributed by atoms with Crippen molar-refractivity contribution in [3.05, 3.63) is 84.4 Å². The molecule has 0 atom stereocenters. The first-order chi connectivity index (χ1) is 13.1. The van der Waals surface area contributed by atoms with E-state index in [2.05, 4.69) is 10.6 Å². The Hall–Kier alpha value is -3.80. The number of carbonyl (C=O) groups is 2. The third-order valence-electron chi connectivity index (χ3n) is 3.68. The highest BCUT2D eigenvalue weighted by Crippen LogP contribution is 2.20. The minimum Gasteiger partial charge on any atom is -0.484 e. The fourth-order valence-electron chi connectivity index (χ4n) is 2.40. The maximum absolute atomic E-state index is 12.0. The number of hydrogen-bond acceptors (Lipinski definition) is 4. The molecule has 3 N–H and O–H groups in total. The third kappa shape index (κ3) is 5.34. The molecule has 6 heteroatoms. The molecular weight excluding hydrogens is 344 g/mol. The molecule has 27 heavy (non-hydrogen) atoms. The van der Waals surface area contributed by atoms with Gasteiger partial charge in [0.1, 0.15) is 5.75 Å². The number of carboxylic acid groups (broad SMARTS) is 1. The highest BCUT2D eigenvalue weighted by atomic mass is 16.5. The van der Waals surface area contributed by atoms with Gasteiger partial charge in [0, 0.05) is 17.1 Å². The van der Waals surface area contributed by atoms with Crippen molar-refractivity contribution in [2.45, 2.75) is 0 Å². The molecule has 0 aliphatic heterocycles. The van der Waals surface area contributed by atoms with Crippen LogP contribution in [0.4, 0.5) is 17.1 Å². The number of anilines is 3. The molecule has 0 spiro atoms. The van der Waals surface area contributed by atoms with Crippen LogP contribution in [0.2, 0.25) is 0 Å². The fourth-order valence-corrected chi connectivity index (χ4v) is 2.40. The summed E-state index contributed by atoms with van der Waals surface area (Å²) >= 11 is 0. The van der Waals surface area contributed by atoms with E-state index in [9.17, 15) is 9.59 Å². The Morgan fingerprint density at radius 2 is 1.48 bits per heavy atom. The fraction of sp³-hybridized carbons (Fsp3) is 0.0476. The summed E-state index contributed by atoms with van der Waals surface area (Å²) in [6, 6.07) is 23.1. The van der Waals surface area contributed by atoms with E-state index in [4.69, 9.17) is 9.84 Å². The molecule has 3 aromatic rings. The second-order valence-corrected chi connectivity index (χ2v) is 5.74. The van der Waals surface area contributed by atoms with Crippen LogP contribution in [0.5, 0.6) is 5.75 Å². The second kappa shape index (κ2) is 8.53. The summed E-state index contributed by atoms with van der Waals surface area (Å²) in [6.45, 7) is -0.178. The first-order valence-corrected chi connectivity index (χ1v) is 8.28. The predicted molar refractivity (Wildman–Crippen MR) is 104 cm³/mol. The normalized spacial score (nSPS) is 10.1. The Morgan fingerprint density at radius 3 is 2.19 bits per heavy atom. The Morgan fingerprint density at radius 1 is 0.815 bits per heavy atom. The molecule has 0 fully saturated rings. The topological polar surface area (TPSA) is 87.7 Å². The predicted octanol–water partition coefficient (Wildman–Crippen LogP) is 4.15. The zero-order valence-corrected chi connectivity index (χ0v) is 14.4. The number of benzene rings is 3. The van der Waals surface area contributed by atoms with Crippen LogP contribution < -0.4 is 15.4 Å². The second-order valence-electron chi connectivity index (χ2n) is 5.74. The van der Waals surface area contributed by atoms with Crippen molar-refractivity contribution in [3.8, 4) is 5.75 Å². The number of nitrogens with one attached hydrogen (secondary N) is 2. The van der Waals surface area contributed by atoms with Crippen molar-refractivity contribution in [1.29, 1.82) is 0 Å². The van der Waals surface area contributed by atoms with E-state index in [-0.39, 0.29) is 18.1 Å². The number of amides is 1. The first kappa shape index (κ1) is 18.0. The van der Waals surface area contributed by atoms with Crippen LogP contribution in [0.25, 0.3) is 0 Å². The lowest BCUT2D eigenvalue weighted by Gasteiger charge is -2.10. The summed E-state index contributed by atoms with van der Waals surface area (Å²) in [5, 5.41) is 14.8.